The van der Waals surface area contributed by atoms with E-state index in [0.717, 1.165) is 11.3 Å². The fourth-order valence-corrected chi connectivity index (χ4v) is 3.44. The molecule has 0 aliphatic carbocycles. The topological polar surface area (TPSA) is 77.7 Å². The lowest BCUT2D eigenvalue weighted by molar-refractivity contribution is -0.117. The van der Waals surface area contributed by atoms with E-state index in [2.05, 4.69) is 10.1 Å². The van der Waals surface area contributed by atoms with Crippen molar-refractivity contribution in [3.63, 3.8) is 0 Å². The van der Waals surface area contributed by atoms with E-state index in [0.29, 0.717) is 23.7 Å². The van der Waals surface area contributed by atoms with Crippen LogP contribution in [0.4, 0.5) is 10.1 Å². The first kappa shape index (κ1) is 18.9. The zero-order valence-corrected chi connectivity index (χ0v) is 16.3. The monoisotopic (exact) mass is 397 g/mol. The van der Waals surface area contributed by atoms with Crippen molar-refractivity contribution in [1.29, 1.82) is 0 Å². The van der Waals surface area contributed by atoms with Gasteiger partial charge in [-0.3, -0.25) is 4.79 Å². The van der Waals surface area contributed by atoms with Crippen LogP contribution < -0.4 is 14.4 Å². The van der Waals surface area contributed by atoms with E-state index in [9.17, 15) is 9.18 Å². The van der Waals surface area contributed by atoms with Gasteiger partial charge in [-0.15, -0.1) is 0 Å². The third-order valence-electron chi connectivity index (χ3n) is 5.03. The molecule has 3 aromatic rings. The number of aryl methyl sites for hydroxylation is 1. The highest BCUT2D eigenvalue weighted by atomic mass is 19.1. The molecule has 150 valence electrons. The van der Waals surface area contributed by atoms with E-state index in [-0.39, 0.29) is 29.8 Å². The summed E-state index contributed by atoms with van der Waals surface area (Å²) in [7, 11) is 2.99. The van der Waals surface area contributed by atoms with Crippen LogP contribution in [-0.2, 0) is 4.79 Å². The second kappa shape index (κ2) is 7.54. The van der Waals surface area contributed by atoms with Crippen molar-refractivity contribution in [2.45, 2.75) is 19.3 Å². The molecule has 1 amide bonds. The van der Waals surface area contributed by atoms with Crippen molar-refractivity contribution in [2.75, 3.05) is 25.7 Å². The van der Waals surface area contributed by atoms with Gasteiger partial charge in [-0.2, -0.15) is 4.98 Å². The highest BCUT2D eigenvalue weighted by Gasteiger charge is 2.36. The number of carbonyl (C=O) groups excluding carboxylic acids is 1. The minimum Gasteiger partial charge on any atom is -0.497 e. The molecule has 0 radical (unpaired) electrons. The van der Waals surface area contributed by atoms with E-state index in [1.807, 2.05) is 25.1 Å². The highest BCUT2D eigenvalue weighted by Crippen LogP contribution is 2.35. The summed E-state index contributed by atoms with van der Waals surface area (Å²) in [5.41, 5.74) is 2.25. The molecule has 0 saturated carbocycles. The van der Waals surface area contributed by atoms with Gasteiger partial charge in [0.05, 0.1) is 25.8 Å². The van der Waals surface area contributed by atoms with Crippen LogP contribution in [0.25, 0.3) is 11.4 Å². The van der Waals surface area contributed by atoms with E-state index < -0.39 is 5.82 Å². The Morgan fingerprint density at radius 2 is 2.00 bits per heavy atom. The Hall–Kier alpha value is -3.42. The van der Waals surface area contributed by atoms with Crippen molar-refractivity contribution in [1.82, 2.24) is 10.1 Å². The van der Waals surface area contributed by atoms with Crippen LogP contribution in [0.3, 0.4) is 0 Å². The zero-order chi connectivity index (χ0) is 20.5. The van der Waals surface area contributed by atoms with Crippen LogP contribution in [0.5, 0.6) is 11.5 Å². The molecule has 2 heterocycles. The molecular formula is C21H20FN3O4. The van der Waals surface area contributed by atoms with E-state index in [1.165, 1.54) is 19.2 Å². The minimum absolute atomic E-state index is 0.0263. The predicted molar refractivity (Wildman–Crippen MR) is 104 cm³/mol. The molecule has 4 rings (SSSR count). The summed E-state index contributed by atoms with van der Waals surface area (Å²) in [6, 6.07) is 10.1. The number of hydrogen-bond acceptors (Lipinski definition) is 6. The standard InChI is InChI=1S/C21H20FN3O4/c1-12-4-6-15(27-2)10-17(12)25-11-14(9-19(25)26)21-23-20(24-29-21)13-5-7-18(28-3)16(22)8-13/h4-8,10,14H,9,11H2,1-3H3. The molecule has 29 heavy (non-hydrogen) atoms. The molecule has 0 spiro atoms. The first-order valence-electron chi connectivity index (χ1n) is 9.12. The Bertz CT molecular complexity index is 1070. The number of anilines is 1. The van der Waals surface area contributed by atoms with Crippen molar-refractivity contribution >= 4 is 11.6 Å². The smallest absolute Gasteiger partial charge is 0.232 e. The number of benzene rings is 2. The van der Waals surface area contributed by atoms with Crippen LogP contribution in [0, 0.1) is 12.7 Å². The number of hydrogen-bond donors (Lipinski definition) is 0. The number of ether oxygens (including phenoxy) is 2. The van der Waals surface area contributed by atoms with Gasteiger partial charge in [0.1, 0.15) is 5.75 Å². The molecule has 8 heteroatoms. The normalized spacial score (nSPS) is 16.3. The molecule has 1 atom stereocenters. The first-order chi connectivity index (χ1) is 14.0. The van der Waals surface area contributed by atoms with Crippen molar-refractivity contribution < 1.29 is 23.2 Å². The molecule has 1 aromatic heterocycles. The fourth-order valence-electron chi connectivity index (χ4n) is 3.44. The molecule has 2 aromatic carbocycles. The number of aromatic nitrogens is 2. The molecule has 7 nitrogen and oxygen atoms in total. The summed E-state index contributed by atoms with van der Waals surface area (Å²) in [5, 5.41) is 3.95. The zero-order valence-electron chi connectivity index (χ0n) is 16.3. The first-order valence-corrected chi connectivity index (χ1v) is 9.12. The lowest BCUT2D eigenvalue weighted by Crippen LogP contribution is -2.25. The van der Waals surface area contributed by atoms with Gasteiger partial charge in [-0.05, 0) is 36.8 Å². The molecule has 1 unspecified atom stereocenters. The molecule has 0 bridgehead atoms. The quantitative estimate of drug-likeness (QED) is 0.653. The Morgan fingerprint density at radius 1 is 1.17 bits per heavy atom. The van der Waals surface area contributed by atoms with Crippen LogP contribution in [0.15, 0.2) is 40.9 Å². The summed E-state index contributed by atoms with van der Waals surface area (Å²) >= 11 is 0. The number of methoxy groups -OCH3 is 2. The lowest BCUT2D eigenvalue weighted by atomic mass is 10.1. The summed E-state index contributed by atoms with van der Waals surface area (Å²) in [5.74, 6) is 0.676. The Morgan fingerprint density at radius 3 is 2.72 bits per heavy atom. The van der Waals surface area contributed by atoms with Crippen molar-refractivity contribution in [3.8, 4) is 22.9 Å². The number of rotatable bonds is 5. The predicted octanol–water partition coefficient (Wildman–Crippen LogP) is 3.72. The van der Waals surface area contributed by atoms with Gasteiger partial charge in [0.2, 0.25) is 17.6 Å². The van der Waals surface area contributed by atoms with Crippen LogP contribution in [0.1, 0.15) is 23.8 Å². The van der Waals surface area contributed by atoms with Crippen molar-refractivity contribution in [3.05, 3.63) is 53.7 Å². The molecule has 0 N–H and O–H groups in total. The Balaban J connectivity index is 1.57. The van der Waals surface area contributed by atoms with Gasteiger partial charge < -0.3 is 18.9 Å². The highest BCUT2D eigenvalue weighted by molar-refractivity contribution is 5.97. The molecule has 1 aliphatic heterocycles. The molecule has 1 saturated heterocycles. The summed E-state index contributed by atoms with van der Waals surface area (Å²) < 4.78 is 29.5. The van der Waals surface area contributed by atoms with Gasteiger partial charge in [0.25, 0.3) is 0 Å². The summed E-state index contributed by atoms with van der Waals surface area (Å²) in [6.07, 6.45) is 0.259. The van der Waals surface area contributed by atoms with Gasteiger partial charge in [0, 0.05) is 24.6 Å². The van der Waals surface area contributed by atoms with Gasteiger partial charge in [-0.1, -0.05) is 11.2 Å². The molecule has 1 fully saturated rings. The SMILES string of the molecule is COc1ccc(C)c(N2CC(c3nc(-c4ccc(OC)c(F)c4)no3)CC2=O)c1. The van der Waals surface area contributed by atoms with Crippen LogP contribution >= 0.6 is 0 Å². The number of halogens is 1. The fraction of sp³-hybridized carbons (Fsp3) is 0.286. The van der Waals surface area contributed by atoms with E-state index >= 15 is 0 Å². The average Bonchev–Trinajstić information content (AvgIpc) is 3.35. The second-order valence-corrected chi connectivity index (χ2v) is 6.86. The van der Waals surface area contributed by atoms with Gasteiger partial charge in [-0.25, -0.2) is 4.39 Å². The van der Waals surface area contributed by atoms with E-state index in [4.69, 9.17) is 14.0 Å². The number of amides is 1. The molecule has 1 aliphatic rings. The Labute approximate surface area is 167 Å². The number of carbonyl (C=O) groups is 1. The summed E-state index contributed by atoms with van der Waals surface area (Å²) in [6.45, 7) is 2.36. The second-order valence-electron chi connectivity index (χ2n) is 6.86. The largest absolute Gasteiger partial charge is 0.497 e. The van der Waals surface area contributed by atoms with Gasteiger partial charge >= 0.3 is 0 Å². The maximum absolute atomic E-state index is 14.0. The van der Waals surface area contributed by atoms with Crippen molar-refractivity contribution in [2.24, 2.45) is 0 Å². The third kappa shape index (κ3) is 3.53. The van der Waals surface area contributed by atoms with E-state index in [1.54, 1.807) is 18.1 Å². The maximum Gasteiger partial charge on any atom is 0.232 e. The lowest BCUT2D eigenvalue weighted by Gasteiger charge is -2.19. The molecular weight excluding hydrogens is 377 g/mol. The van der Waals surface area contributed by atoms with Gasteiger partial charge in [0.15, 0.2) is 11.6 Å². The number of nitrogens with zero attached hydrogens (tertiary/aromatic N) is 3. The third-order valence-corrected chi connectivity index (χ3v) is 5.03. The van der Waals surface area contributed by atoms with Crippen LogP contribution in [-0.4, -0.2) is 36.8 Å². The van der Waals surface area contributed by atoms with Crippen LogP contribution in [0.2, 0.25) is 0 Å². The Kier molecular flexibility index (Phi) is 4.92. The minimum atomic E-state index is -0.507. The summed E-state index contributed by atoms with van der Waals surface area (Å²) in [4.78, 5) is 18.7. The maximum atomic E-state index is 14.0. The average molecular weight is 397 g/mol.